The lowest BCUT2D eigenvalue weighted by Crippen LogP contribution is -2.09. The Morgan fingerprint density at radius 1 is 1.86 bits per heavy atom. The van der Waals surface area contributed by atoms with Crippen LogP contribution in [0.3, 0.4) is 0 Å². The van der Waals surface area contributed by atoms with E-state index in [-0.39, 0.29) is 0 Å². The molecular formula is C6H9N. The van der Waals surface area contributed by atoms with Gasteiger partial charge in [0.25, 0.3) is 0 Å². The second-order valence-corrected chi connectivity index (χ2v) is 1.69. The second kappa shape index (κ2) is 1.92. The van der Waals surface area contributed by atoms with Crippen molar-refractivity contribution in [1.82, 2.24) is 0 Å². The van der Waals surface area contributed by atoms with Gasteiger partial charge in [-0.2, -0.15) is 0 Å². The Hall–Kier alpha value is -0.590. The van der Waals surface area contributed by atoms with Crippen LogP contribution in [0.2, 0.25) is 0 Å². The summed E-state index contributed by atoms with van der Waals surface area (Å²) >= 11 is 0. The van der Waals surface area contributed by atoms with Gasteiger partial charge in [0.05, 0.1) is 0 Å². The third-order valence-electron chi connectivity index (χ3n) is 1.12. The molecule has 0 saturated carbocycles. The van der Waals surface area contributed by atoms with Crippen LogP contribution < -0.4 is 0 Å². The molecule has 0 N–H and O–H groups in total. The van der Waals surface area contributed by atoms with Gasteiger partial charge >= 0.3 is 0 Å². The van der Waals surface area contributed by atoms with E-state index < -0.39 is 0 Å². The molecule has 1 rings (SSSR count). The molecule has 0 atom stereocenters. The Balaban J connectivity index is 2.27. The van der Waals surface area contributed by atoms with Crippen LogP contribution in [-0.2, 0) is 0 Å². The van der Waals surface area contributed by atoms with Crippen molar-refractivity contribution in [3.8, 4) is 0 Å². The molecule has 0 spiro atoms. The van der Waals surface area contributed by atoms with Gasteiger partial charge in [-0.25, -0.2) is 0 Å². The number of rotatable bonds is 2. The van der Waals surface area contributed by atoms with Crippen LogP contribution in [0.1, 0.15) is 12.8 Å². The summed E-state index contributed by atoms with van der Waals surface area (Å²) in [6.45, 7) is 4.65. The average Bonchev–Trinajstić information content (AvgIpc) is 1.55. The molecule has 0 aliphatic carbocycles. The van der Waals surface area contributed by atoms with Gasteiger partial charge in [0.15, 0.2) is 0 Å². The highest BCUT2D eigenvalue weighted by molar-refractivity contribution is 5.89. The van der Waals surface area contributed by atoms with Gasteiger partial charge in [-0.05, 0) is 0 Å². The first-order chi connectivity index (χ1) is 3.43. The van der Waals surface area contributed by atoms with E-state index in [1.54, 1.807) is 0 Å². The molecule has 0 aromatic carbocycles. The number of nitrogens with zero attached hydrogens (tertiary/aromatic N) is 1. The molecule has 0 aromatic heterocycles. The normalized spacial score (nSPS) is 17.4. The average molecular weight is 95.1 g/mol. The van der Waals surface area contributed by atoms with E-state index in [0.717, 1.165) is 13.0 Å². The fourth-order valence-electron chi connectivity index (χ4n) is 0.603. The smallest absolute Gasteiger partial charge is 0.0441 e. The largest absolute Gasteiger partial charge is 0.293 e. The highest BCUT2D eigenvalue weighted by atomic mass is 14.8. The molecule has 0 fully saturated rings. The summed E-state index contributed by atoms with van der Waals surface area (Å²) in [4.78, 5) is 4.10. The second-order valence-electron chi connectivity index (χ2n) is 1.69. The van der Waals surface area contributed by atoms with E-state index in [1.165, 1.54) is 12.1 Å². The van der Waals surface area contributed by atoms with Crippen molar-refractivity contribution < 1.29 is 0 Å². The lowest BCUT2D eigenvalue weighted by atomic mass is 10.1. The lowest BCUT2D eigenvalue weighted by molar-refractivity contribution is 0.922. The third-order valence-corrected chi connectivity index (χ3v) is 1.12. The zero-order chi connectivity index (χ0) is 5.11. The van der Waals surface area contributed by atoms with Gasteiger partial charge in [0.2, 0.25) is 0 Å². The summed E-state index contributed by atoms with van der Waals surface area (Å²) in [7, 11) is 0. The van der Waals surface area contributed by atoms with Crippen molar-refractivity contribution >= 4 is 5.71 Å². The maximum Gasteiger partial charge on any atom is 0.0441 e. The maximum absolute atomic E-state index is 4.10. The van der Waals surface area contributed by atoms with Crippen LogP contribution in [0.4, 0.5) is 0 Å². The minimum Gasteiger partial charge on any atom is -0.293 e. The van der Waals surface area contributed by atoms with Crippen LogP contribution in [0.5, 0.6) is 0 Å². The predicted octanol–water partition coefficient (Wildman–Crippen LogP) is 1.41. The van der Waals surface area contributed by atoms with Gasteiger partial charge in [-0.15, -0.1) is 6.58 Å². The van der Waals surface area contributed by atoms with Crippen LogP contribution >= 0.6 is 0 Å². The molecule has 7 heavy (non-hydrogen) atoms. The summed E-state index contributed by atoms with van der Waals surface area (Å²) in [5.74, 6) is 0. The number of allylic oxidation sites excluding steroid dienone is 1. The summed E-state index contributed by atoms with van der Waals surface area (Å²) in [5.41, 5.74) is 1.31. The highest BCUT2D eigenvalue weighted by Gasteiger charge is 2.02. The van der Waals surface area contributed by atoms with Crippen molar-refractivity contribution in [2.24, 2.45) is 4.99 Å². The molecule has 1 heterocycles. The predicted molar refractivity (Wildman–Crippen MR) is 31.7 cm³/mol. The Labute approximate surface area is 43.8 Å². The van der Waals surface area contributed by atoms with E-state index in [1.807, 2.05) is 6.08 Å². The quantitative estimate of drug-likeness (QED) is 0.460. The van der Waals surface area contributed by atoms with Crippen molar-refractivity contribution in [2.75, 3.05) is 6.54 Å². The van der Waals surface area contributed by atoms with Crippen molar-refractivity contribution in [3.05, 3.63) is 12.7 Å². The SMILES string of the molecule is C=CCC1=NCC1. The fraction of sp³-hybridized carbons (Fsp3) is 0.500. The van der Waals surface area contributed by atoms with Crippen molar-refractivity contribution in [3.63, 3.8) is 0 Å². The molecule has 1 aliphatic rings. The van der Waals surface area contributed by atoms with E-state index in [4.69, 9.17) is 0 Å². The third kappa shape index (κ3) is 0.889. The first kappa shape index (κ1) is 4.57. The first-order valence-electron chi connectivity index (χ1n) is 2.56. The van der Waals surface area contributed by atoms with E-state index >= 15 is 0 Å². The molecule has 1 aliphatic heterocycles. The van der Waals surface area contributed by atoms with Crippen LogP contribution in [0.25, 0.3) is 0 Å². The highest BCUT2D eigenvalue weighted by Crippen LogP contribution is 2.03. The van der Waals surface area contributed by atoms with E-state index in [2.05, 4.69) is 11.6 Å². The van der Waals surface area contributed by atoms with E-state index in [9.17, 15) is 0 Å². The first-order valence-corrected chi connectivity index (χ1v) is 2.56. The summed E-state index contributed by atoms with van der Waals surface area (Å²) in [6.07, 6.45) is 4.10. The lowest BCUT2D eigenvalue weighted by Gasteiger charge is -2.09. The van der Waals surface area contributed by atoms with Gasteiger partial charge in [-0.1, -0.05) is 6.08 Å². The Bertz CT molecular complexity index is 103. The van der Waals surface area contributed by atoms with Crippen molar-refractivity contribution in [1.29, 1.82) is 0 Å². The molecule has 38 valence electrons. The van der Waals surface area contributed by atoms with Crippen molar-refractivity contribution in [2.45, 2.75) is 12.8 Å². The molecule has 1 nitrogen and oxygen atoms in total. The van der Waals surface area contributed by atoms with Gasteiger partial charge in [0.1, 0.15) is 0 Å². The number of aliphatic imine (C=N–C) groups is 1. The summed E-state index contributed by atoms with van der Waals surface area (Å²) in [5, 5.41) is 0. The maximum atomic E-state index is 4.10. The Kier molecular flexibility index (Phi) is 1.25. The van der Waals surface area contributed by atoms with E-state index in [0.29, 0.717) is 0 Å². The molecule has 0 unspecified atom stereocenters. The van der Waals surface area contributed by atoms with Crippen LogP contribution in [0.15, 0.2) is 17.6 Å². The monoisotopic (exact) mass is 95.1 g/mol. The molecular weight excluding hydrogens is 86.1 g/mol. The topological polar surface area (TPSA) is 12.4 Å². The molecule has 0 bridgehead atoms. The molecule has 0 amide bonds. The summed E-state index contributed by atoms with van der Waals surface area (Å²) in [6, 6.07) is 0. The number of hydrogen-bond donors (Lipinski definition) is 0. The molecule has 1 heteroatoms. The number of hydrogen-bond acceptors (Lipinski definition) is 1. The molecule has 0 aromatic rings. The standard InChI is InChI=1S/C6H9N/c1-2-3-6-4-5-7-6/h2H,1,3-5H2. The van der Waals surface area contributed by atoms with Crippen LogP contribution in [0, 0.1) is 0 Å². The minimum atomic E-state index is 1.00. The van der Waals surface area contributed by atoms with Crippen LogP contribution in [-0.4, -0.2) is 12.3 Å². The van der Waals surface area contributed by atoms with Gasteiger partial charge in [-0.3, -0.25) is 4.99 Å². The fourth-order valence-corrected chi connectivity index (χ4v) is 0.603. The molecule has 0 saturated heterocycles. The zero-order valence-electron chi connectivity index (χ0n) is 4.35. The Morgan fingerprint density at radius 2 is 2.57 bits per heavy atom. The Morgan fingerprint density at radius 3 is 2.71 bits per heavy atom. The van der Waals surface area contributed by atoms with Gasteiger partial charge in [0, 0.05) is 25.1 Å². The zero-order valence-corrected chi connectivity index (χ0v) is 4.35. The summed E-state index contributed by atoms with van der Waals surface area (Å²) < 4.78 is 0. The van der Waals surface area contributed by atoms with Gasteiger partial charge < -0.3 is 0 Å². The molecule has 0 radical (unpaired) electrons. The minimum absolute atomic E-state index is 1.00.